The van der Waals surface area contributed by atoms with Gasteiger partial charge in [0.05, 0.1) is 18.6 Å². The van der Waals surface area contributed by atoms with Crippen LogP contribution in [0.25, 0.3) is 21.4 Å². The van der Waals surface area contributed by atoms with Crippen molar-refractivity contribution in [3.8, 4) is 10.4 Å². The second kappa shape index (κ2) is 5.59. The predicted molar refractivity (Wildman–Crippen MR) is 88.8 cm³/mol. The molecule has 4 rings (SSSR count). The molecule has 1 fully saturated rings. The molecule has 0 unspecified atom stereocenters. The molecule has 0 radical (unpaired) electrons. The third kappa shape index (κ3) is 2.32. The lowest BCUT2D eigenvalue weighted by Crippen LogP contribution is -2.36. The van der Waals surface area contributed by atoms with Gasteiger partial charge in [-0.1, -0.05) is 12.1 Å². The SMILES string of the molecule is O=c1cc(N2CCOCC2)oc2c(-c3cccs3)cccc12. The molecule has 1 aliphatic rings. The quantitative estimate of drug-likeness (QED) is 0.727. The number of thiophene rings is 1. The summed E-state index contributed by atoms with van der Waals surface area (Å²) in [4.78, 5) is 15.6. The molecule has 3 aromatic rings. The Morgan fingerprint density at radius 3 is 2.73 bits per heavy atom. The van der Waals surface area contributed by atoms with Gasteiger partial charge in [-0.3, -0.25) is 4.79 Å². The van der Waals surface area contributed by atoms with Crippen LogP contribution in [0, 0.1) is 0 Å². The minimum Gasteiger partial charge on any atom is -0.440 e. The molecule has 2 aromatic heterocycles. The van der Waals surface area contributed by atoms with Crippen LogP contribution in [0.15, 0.2) is 51.0 Å². The molecular formula is C17H15NO3S. The van der Waals surface area contributed by atoms with E-state index in [4.69, 9.17) is 9.15 Å². The zero-order valence-corrected chi connectivity index (χ0v) is 12.8. The lowest BCUT2D eigenvalue weighted by atomic mass is 10.1. The van der Waals surface area contributed by atoms with Crippen molar-refractivity contribution in [1.82, 2.24) is 0 Å². The van der Waals surface area contributed by atoms with Crippen molar-refractivity contribution >= 4 is 28.2 Å². The molecular weight excluding hydrogens is 298 g/mol. The predicted octanol–water partition coefficient (Wildman–Crippen LogP) is 3.36. The van der Waals surface area contributed by atoms with Crippen molar-refractivity contribution in [2.24, 2.45) is 0 Å². The van der Waals surface area contributed by atoms with Gasteiger partial charge in [0.15, 0.2) is 11.3 Å². The Kier molecular flexibility index (Phi) is 3.44. The Morgan fingerprint density at radius 2 is 1.95 bits per heavy atom. The van der Waals surface area contributed by atoms with E-state index in [1.807, 2.05) is 35.7 Å². The maximum absolute atomic E-state index is 12.4. The number of hydrogen-bond acceptors (Lipinski definition) is 5. The van der Waals surface area contributed by atoms with E-state index in [-0.39, 0.29) is 5.43 Å². The van der Waals surface area contributed by atoms with Gasteiger partial charge in [-0.2, -0.15) is 0 Å². The summed E-state index contributed by atoms with van der Waals surface area (Å²) in [5.41, 5.74) is 1.64. The van der Waals surface area contributed by atoms with Gasteiger partial charge in [0.1, 0.15) is 5.58 Å². The number of morpholine rings is 1. The summed E-state index contributed by atoms with van der Waals surface area (Å²) in [6, 6.07) is 11.4. The third-order valence-corrected chi connectivity index (χ3v) is 4.75. The molecule has 1 aliphatic heterocycles. The fourth-order valence-electron chi connectivity index (χ4n) is 2.73. The summed E-state index contributed by atoms with van der Waals surface area (Å²) in [6.07, 6.45) is 0. The topological polar surface area (TPSA) is 42.7 Å². The van der Waals surface area contributed by atoms with Crippen molar-refractivity contribution in [3.05, 3.63) is 52.0 Å². The van der Waals surface area contributed by atoms with Gasteiger partial charge in [-0.15, -0.1) is 11.3 Å². The summed E-state index contributed by atoms with van der Waals surface area (Å²) in [5, 5.41) is 2.65. The molecule has 0 atom stereocenters. The molecule has 5 heteroatoms. The Bertz CT molecular complexity index is 848. The fraction of sp³-hybridized carbons (Fsp3) is 0.235. The zero-order chi connectivity index (χ0) is 14.9. The number of fused-ring (bicyclic) bond motifs is 1. The molecule has 0 saturated carbocycles. The Balaban J connectivity index is 1.91. The van der Waals surface area contributed by atoms with E-state index in [9.17, 15) is 4.79 Å². The number of para-hydroxylation sites is 1. The molecule has 0 spiro atoms. The molecule has 0 N–H and O–H groups in total. The van der Waals surface area contributed by atoms with Crippen LogP contribution in [0.5, 0.6) is 0 Å². The molecule has 22 heavy (non-hydrogen) atoms. The number of ether oxygens (including phenoxy) is 1. The number of rotatable bonds is 2. The van der Waals surface area contributed by atoms with Crippen molar-refractivity contribution in [2.45, 2.75) is 0 Å². The highest BCUT2D eigenvalue weighted by Crippen LogP contribution is 2.32. The third-order valence-electron chi connectivity index (χ3n) is 3.85. The van der Waals surface area contributed by atoms with E-state index < -0.39 is 0 Å². The monoisotopic (exact) mass is 313 g/mol. The molecule has 112 valence electrons. The van der Waals surface area contributed by atoms with Crippen LogP contribution in [0.2, 0.25) is 0 Å². The summed E-state index contributed by atoms with van der Waals surface area (Å²) in [7, 11) is 0. The van der Waals surface area contributed by atoms with Crippen LogP contribution in [0.1, 0.15) is 0 Å². The van der Waals surface area contributed by atoms with Gasteiger partial charge in [-0.25, -0.2) is 0 Å². The minimum atomic E-state index is 0.00106. The van der Waals surface area contributed by atoms with Crippen molar-refractivity contribution in [3.63, 3.8) is 0 Å². The first-order valence-corrected chi connectivity index (χ1v) is 8.14. The normalized spacial score (nSPS) is 15.4. The second-order valence-corrected chi connectivity index (χ2v) is 6.16. The van der Waals surface area contributed by atoms with E-state index in [1.165, 1.54) is 0 Å². The molecule has 1 aromatic carbocycles. The maximum Gasteiger partial charge on any atom is 0.200 e. The van der Waals surface area contributed by atoms with Crippen molar-refractivity contribution in [1.29, 1.82) is 0 Å². The van der Waals surface area contributed by atoms with Gasteiger partial charge in [0.2, 0.25) is 0 Å². The first-order chi connectivity index (χ1) is 10.8. The standard InChI is InChI=1S/C17H15NO3S/c19-14-11-16(18-6-8-20-9-7-18)21-17-12(14)3-1-4-13(17)15-5-2-10-22-15/h1-5,10-11H,6-9H2. The highest BCUT2D eigenvalue weighted by molar-refractivity contribution is 7.13. The number of anilines is 1. The lowest BCUT2D eigenvalue weighted by molar-refractivity contribution is 0.121. The molecule has 0 aliphatic carbocycles. The molecule has 0 bridgehead atoms. The van der Waals surface area contributed by atoms with Gasteiger partial charge in [0, 0.05) is 29.6 Å². The second-order valence-electron chi connectivity index (χ2n) is 5.21. The average molecular weight is 313 g/mol. The van der Waals surface area contributed by atoms with Crippen LogP contribution in [0.3, 0.4) is 0 Å². The zero-order valence-electron chi connectivity index (χ0n) is 12.0. The van der Waals surface area contributed by atoms with E-state index >= 15 is 0 Å². The Morgan fingerprint density at radius 1 is 1.09 bits per heavy atom. The maximum atomic E-state index is 12.4. The molecule has 4 nitrogen and oxygen atoms in total. The summed E-state index contributed by atoms with van der Waals surface area (Å²) < 4.78 is 11.5. The largest absolute Gasteiger partial charge is 0.440 e. The van der Waals surface area contributed by atoms with Crippen molar-refractivity contribution in [2.75, 3.05) is 31.2 Å². The lowest BCUT2D eigenvalue weighted by Gasteiger charge is -2.27. The first-order valence-electron chi connectivity index (χ1n) is 7.26. The van der Waals surface area contributed by atoms with Gasteiger partial charge < -0.3 is 14.1 Å². The summed E-state index contributed by atoms with van der Waals surface area (Å²) in [5.74, 6) is 0.629. The number of hydrogen-bond donors (Lipinski definition) is 0. The Hall–Kier alpha value is -2.11. The Labute approximate surface area is 131 Å². The number of benzene rings is 1. The minimum absolute atomic E-state index is 0.00106. The molecule has 1 saturated heterocycles. The smallest absolute Gasteiger partial charge is 0.200 e. The highest BCUT2D eigenvalue weighted by atomic mass is 32.1. The van der Waals surface area contributed by atoms with Crippen LogP contribution in [0.4, 0.5) is 5.88 Å². The van der Waals surface area contributed by atoms with Crippen LogP contribution in [-0.4, -0.2) is 26.3 Å². The van der Waals surface area contributed by atoms with E-state index in [1.54, 1.807) is 17.4 Å². The molecule has 0 amide bonds. The fourth-order valence-corrected chi connectivity index (χ4v) is 3.48. The highest BCUT2D eigenvalue weighted by Gasteiger charge is 2.17. The van der Waals surface area contributed by atoms with E-state index in [0.717, 1.165) is 23.5 Å². The van der Waals surface area contributed by atoms with Gasteiger partial charge in [0.25, 0.3) is 0 Å². The van der Waals surface area contributed by atoms with Gasteiger partial charge in [-0.05, 0) is 23.6 Å². The van der Waals surface area contributed by atoms with Crippen molar-refractivity contribution < 1.29 is 9.15 Å². The van der Waals surface area contributed by atoms with Crippen LogP contribution in [-0.2, 0) is 4.74 Å². The summed E-state index contributed by atoms with van der Waals surface area (Å²) in [6.45, 7) is 2.81. The van der Waals surface area contributed by atoms with Crippen LogP contribution >= 0.6 is 11.3 Å². The average Bonchev–Trinajstić information content (AvgIpc) is 3.09. The first kappa shape index (κ1) is 13.5. The van der Waals surface area contributed by atoms with E-state index in [2.05, 4.69) is 4.90 Å². The summed E-state index contributed by atoms with van der Waals surface area (Å²) >= 11 is 1.64. The van der Waals surface area contributed by atoms with Gasteiger partial charge >= 0.3 is 0 Å². The van der Waals surface area contributed by atoms with Crippen LogP contribution < -0.4 is 10.3 Å². The van der Waals surface area contributed by atoms with E-state index in [0.29, 0.717) is 30.1 Å². The molecule has 3 heterocycles. The number of nitrogens with zero attached hydrogens (tertiary/aromatic N) is 1.